The molecule has 26 heavy (non-hydrogen) atoms. The van der Waals surface area contributed by atoms with E-state index in [1.165, 1.54) is 16.3 Å². The summed E-state index contributed by atoms with van der Waals surface area (Å²) in [6.45, 7) is -0.0257. The third-order valence-electron chi connectivity index (χ3n) is 4.67. The van der Waals surface area contributed by atoms with Crippen LogP contribution < -0.4 is 10.9 Å². The van der Waals surface area contributed by atoms with Crippen molar-refractivity contribution in [3.63, 3.8) is 0 Å². The van der Waals surface area contributed by atoms with Crippen molar-refractivity contribution in [1.82, 2.24) is 9.55 Å². The Bertz CT molecular complexity index is 1060. The second-order valence-electron chi connectivity index (χ2n) is 6.38. The van der Waals surface area contributed by atoms with Crippen LogP contribution in [0.4, 0.5) is 5.69 Å². The molecule has 1 N–H and O–H groups in total. The summed E-state index contributed by atoms with van der Waals surface area (Å²) in [6.07, 6.45) is 4.43. The molecule has 2 aromatic carbocycles. The molecule has 0 saturated carbocycles. The summed E-state index contributed by atoms with van der Waals surface area (Å²) >= 11 is 1.40. The molecule has 0 aliphatic heterocycles. The van der Waals surface area contributed by atoms with Gasteiger partial charge in [0.05, 0.1) is 5.69 Å². The lowest BCUT2D eigenvalue weighted by Gasteiger charge is -2.13. The molecule has 6 heteroatoms. The van der Waals surface area contributed by atoms with E-state index < -0.39 is 0 Å². The van der Waals surface area contributed by atoms with Gasteiger partial charge in [-0.1, -0.05) is 42.1 Å². The third-order valence-corrected chi connectivity index (χ3v) is 5.35. The predicted octanol–water partition coefficient (Wildman–Crippen LogP) is 3.25. The molecule has 0 spiro atoms. The molecule has 0 radical (unpaired) electrons. The number of carbonyl (C=O) groups excluding carboxylic acids is 1. The number of rotatable bonds is 4. The smallest absolute Gasteiger partial charge is 0.258 e. The minimum atomic E-state index is -0.225. The van der Waals surface area contributed by atoms with Gasteiger partial charge in [-0.2, -0.15) is 0 Å². The molecule has 3 aromatic rings. The highest BCUT2D eigenvalue weighted by molar-refractivity contribution is 7.98. The number of benzene rings is 2. The summed E-state index contributed by atoms with van der Waals surface area (Å²) in [4.78, 5) is 29.8. The zero-order chi connectivity index (χ0) is 18.1. The molecule has 0 saturated heterocycles. The van der Waals surface area contributed by atoms with Crippen molar-refractivity contribution in [1.29, 1.82) is 0 Å². The Morgan fingerprint density at radius 2 is 2.00 bits per heavy atom. The molecule has 132 valence electrons. The highest BCUT2D eigenvalue weighted by atomic mass is 32.2. The SMILES string of the molecule is CSc1nc2c(c(=O)n1CC(=O)Nc1ccc3ccccc3c1)CCC2. The molecular weight excluding hydrogens is 346 g/mol. The number of nitrogens with zero attached hydrogens (tertiary/aromatic N) is 2. The van der Waals surface area contributed by atoms with Gasteiger partial charge in [-0.25, -0.2) is 4.98 Å². The van der Waals surface area contributed by atoms with Gasteiger partial charge in [0.2, 0.25) is 5.91 Å². The highest BCUT2D eigenvalue weighted by Crippen LogP contribution is 2.21. The maximum absolute atomic E-state index is 12.7. The largest absolute Gasteiger partial charge is 0.325 e. The number of thioether (sulfide) groups is 1. The first-order valence-corrected chi connectivity index (χ1v) is 9.83. The molecule has 0 bridgehead atoms. The van der Waals surface area contributed by atoms with Gasteiger partial charge in [0.15, 0.2) is 5.16 Å². The van der Waals surface area contributed by atoms with Gasteiger partial charge in [0.25, 0.3) is 5.56 Å². The van der Waals surface area contributed by atoms with Crippen LogP contribution in [0.1, 0.15) is 17.7 Å². The molecule has 1 heterocycles. The van der Waals surface area contributed by atoms with E-state index in [1.54, 1.807) is 0 Å². The van der Waals surface area contributed by atoms with Crippen LogP contribution in [0.25, 0.3) is 10.8 Å². The van der Waals surface area contributed by atoms with Crippen LogP contribution in [0, 0.1) is 0 Å². The summed E-state index contributed by atoms with van der Waals surface area (Å²) in [6, 6.07) is 13.8. The molecule has 1 amide bonds. The van der Waals surface area contributed by atoms with E-state index in [2.05, 4.69) is 10.3 Å². The fourth-order valence-corrected chi connectivity index (χ4v) is 3.98. The second-order valence-corrected chi connectivity index (χ2v) is 7.15. The number of amides is 1. The summed E-state index contributed by atoms with van der Waals surface area (Å²) < 4.78 is 1.49. The van der Waals surface area contributed by atoms with Crippen LogP contribution >= 0.6 is 11.8 Å². The maximum Gasteiger partial charge on any atom is 0.258 e. The van der Waals surface area contributed by atoms with Gasteiger partial charge in [-0.3, -0.25) is 14.2 Å². The molecule has 5 nitrogen and oxygen atoms in total. The van der Waals surface area contributed by atoms with Crippen LogP contribution in [0.15, 0.2) is 52.4 Å². The topological polar surface area (TPSA) is 64.0 Å². The highest BCUT2D eigenvalue weighted by Gasteiger charge is 2.21. The molecular formula is C20H19N3O2S. The van der Waals surface area contributed by atoms with Crippen molar-refractivity contribution in [2.75, 3.05) is 11.6 Å². The van der Waals surface area contributed by atoms with Crippen molar-refractivity contribution in [2.45, 2.75) is 31.0 Å². The van der Waals surface area contributed by atoms with E-state index in [0.717, 1.165) is 47.0 Å². The Balaban J connectivity index is 1.59. The molecule has 0 fully saturated rings. The number of hydrogen-bond acceptors (Lipinski definition) is 4. The lowest BCUT2D eigenvalue weighted by molar-refractivity contribution is -0.116. The summed E-state index contributed by atoms with van der Waals surface area (Å²) in [5, 5.41) is 5.68. The summed E-state index contributed by atoms with van der Waals surface area (Å²) in [5.41, 5.74) is 2.30. The van der Waals surface area contributed by atoms with Gasteiger partial charge in [0, 0.05) is 11.3 Å². The number of nitrogens with one attached hydrogen (secondary N) is 1. The van der Waals surface area contributed by atoms with E-state index in [9.17, 15) is 9.59 Å². The Morgan fingerprint density at radius 3 is 2.81 bits per heavy atom. The number of carbonyl (C=O) groups is 1. The van der Waals surface area contributed by atoms with Crippen LogP contribution in [0.2, 0.25) is 0 Å². The lowest BCUT2D eigenvalue weighted by Crippen LogP contribution is -2.31. The zero-order valence-electron chi connectivity index (χ0n) is 14.5. The van der Waals surface area contributed by atoms with Crippen molar-refractivity contribution in [2.24, 2.45) is 0 Å². The van der Waals surface area contributed by atoms with Crippen molar-refractivity contribution in [3.05, 3.63) is 64.1 Å². The Kier molecular flexibility index (Phi) is 4.51. The first kappa shape index (κ1) is 16.8. The van der Waals surface area contributed by atoms with Gasteiger partial charge >= 0.3 is 0 Å². The third kappa shape index (κ3) is 3.12. The maximum atomic E-state index is 12.7. The molecule has 1 aliphatic carbocycles. The zero-order valence-corrected chi connectivity index (χ0v) is 15.3. The van der Waals surface area contributed by atoms with E-state index in [1.807, 2.05) is 48.7 Å². The van der Waals surface area contributed by atoms with Crippen molar-refractivity contribution < 1.29 is 4.79 Å². The molecule has 0 unspecified atom stereocenters. The monoisotopic (exact) mass is 365 g/mol. The summed E-state index contributed by atoms with van der Waals surface area (Å²) in [5.74, 6) is -0.225. The van der Waals surface area contributed by atoms with E-state index in [-0.39, 0.29) is 18.0 Å². The van der Waals surface area contributed by atoms with Crippen LogP contribution in [0.5, 0.6) is 0 Å². The number of hydrogen-bond donors (Lipinski definition) is 1. The standard InChI is InChI=1S/C20H19N3O2S/c1-26-20-22-17-8-4-7-16(17)19(25)23(20)12-18(24)21-15-10-9-13-5-2-3-6-14(13)11-15/h2-3,5-6,9-11H,4,7-8,12H2,1H3,(H,21,24). The van der Waals surface area contributed by atoms with Crippen LogP contribution in [-0.4, -0.2) is 21.7 Å². The Labute approximate surface area is 155 Å². The van der Waals surface area contributed by atoms with Crippen molar-refractivity contribution >= 4 is 34.1 Å². The van der Waals surface area contributed by atoms with E-state index in [0.29, 0.717) is 5.16 Å². The minimum absolute atomic E-state index is 0.0257. The van der Waals surface area contributed by atoms with E-state index in [4.69, 9.17) is 0 Å². The minimum Gasteiger partial charge on any atom is -0.325 e. The van der Waals surface area contributed by atoms with Gasteiger partial charge in [0.1, 0.15) is 6.54 Å². The van der Waals surface area contributed by atoms with E-state index >= 15 is 0 Å². The quantitative estimate of drug-likeness (QED) is 0.569. The fraction of sp³-hybridized carbons (Fsp3) is 0.250. The Hall–Kier alpha value is -2.60. The number of anilines is 1. The van der Waals surface area contributed by atoms with Gasteiger partial charge in [-0.05, 0) is 48.4 Å². The van der Waals surface area contributed by atoms with Crippen LogP contribution in [0.3, 0.4) is 0 Å². The first-order chi connectivity index (χ1) is 12.7. The van der Waals surface area contributed by atoms with Gasteiger partial charge < -0.3 is 5.32 Å². The molecule has 1 aliphatic rings. The van der Waals surface area contributed by atoms with Crippen molar-refractivity contribution in [3.8, 4) is 0 Å². The number of fused-ring (bicyclic) bond motifs is 2. The normalized spacial score (nSPS) is 13.0. The number of aryl methyl sites for hydroxylation is 1. The predicted molar refractivity (Wildman–Crippen MR) is 105 cm³/mol. The lowest BCUT2D eigenvalue weighted by atomic mass is 10.1. The molecule has 0 atom stereocenters. The van der Waals surface area contributed by atoms with Gasteiger partial charge in [-0.15, -0.1) is 0 Å². The average molecular weight is 365 g/mol. The summed E-state index contributed by atoms with van der Waals surface area (Å²) in [7, 11) is 0. The second kappa shape index (κ2) is 6.96. The Morgan fingerprint density at radius 1 is 1.19 bits per heavy atom. The first-order valence-electron chi connectivity index (χ1n) is 8.61. The van der Waals surface area contributed by atoms with Crippen LogP contribution in [-0.2, 0) is 24.2 Å². The number of aromatic nitrogens is 2. The molecule has 1 aromatic heterocycles. The molecule has 4 rings (SSSR count). The fourth-order valence-electron chi connectivity index (χ4n) is 3.41. The average Bonchev–Trinajstić information content (AvgIpc) is 3.12.